The molecule has 0 saturated carbocycles. The van der Waals surface area contributed by atoms with Crippen LogP contribution >= 0.6 is 0 Å². The number of amides is 3. The number of nitrogens with one attached hydrogen (secondary N) is 2. The molecule has 0 aliphatic heterocycles. The third-order valence-electron chi connectivity index (χ3n) is 1.93. The van der Waals surface area contributed by atoms with Crippen LogP contribution in [-0.2, 0) is 9.59 Å². The molecule has 0 bridgehead atoms. The van der Waals surface area contributed by atoms with Gasteiger partial charge in [0.15, 0.2) is 0 Å². The lowest BCUT2D eigenvalue weighted by atomic mass is 9.89. The summed E-state index contributed by atoms with van der Waals surface area (Å²) in [6, 6.07) is -0.667. The van der Waals surface area contributed by atoms with Gasteiger partial charge in [-0.15, -0.1) is 0 Å². The van der Waals surface area contributed by atoms with Gasteiger partial charge in [-0.2, -0.15) is 0 Å². The molecule has 0 aromatic carbocycles. The van der Waals surface area contributed by atoms with Crippen molar-refractivity contribution in [2.45, 2.75) is 20.3 Å². The van der Waals surface area contributed by atoms with Crippen LogP contribution in [-0.4, -0.2) is 36.1 Å². The van der Waals surface area contributed by atoms with Crippen LogP contribution in [0.25, 0.3) is 0 Å². The van der Waals surface area contributed by atoms with E-state index < -0.39 is 17.4 Å². The highest BCUT2D eigenvalue weighted by Gasteiger charge is 2.29. The number of hydrogen-bond donors (Lipinski definition) is 4. The highest BCUT2D eigenvalue weighted by atomic mass is 16.4. The van der Waals surface area contributed by atoms with Gasteiger partial charge in [0.1, 0.15) is 0 Å². The van der Waals surface area contributed by atoms with Crippen LogP contribution in [0.5, 0.6) is 0 Å². The van der Waals surface area contributed by atoms with E-state index in [9.17, 15) is 14.4 Å². The van der Waals surface area contributed by atoms with Crippen molar-refractivity contribution < 1.29 is 19.5 Å². The maximum atomic E-state index is 11.3. The molecule has 0 rings (SSSR count). The van der Waals surface area contributed by atoms with Crippen LogP contribution in [0, 0.1) is 5.41 Å². The fourth-order valence-corrected chi connectivity index (χ4v) is 0.927. The average Bonchev–Trinajstić information content (AvgIpc) is 2.11. The van der Waals surface area contributed by atoms with Gasteiger partial charge in [-0.05, 0) is 13.8 Å². The summed E-state index contributed by atoms with van der Waals surface area (Å²) in [5.41, 5.74) is 3.71. The Morgan fingerprint density at radius 2 is 1.69 bits per heavy atom. The molecule has 0 aromatic rings. The fourth-order valence-electron chi connectivity index (χ4n) is 0.927. The van der Waals surface area contributed by atoms with Crippen molar-refractivity contribution in [1.82, 2.24) is 10.6 Å². The Morgan fingerprint density at radius 3 is 2.12 bits per heavy atom. The van der Waals surface area contributed by atoms with Gasteiger partial charge in [0.05, 0.1) is 5.41 Å². The van der Waals surface area contributed by atoms with E-state index in [0.29, 0.717) is 0 Å². The molecule has 92 valence electrons. The van der Waals surface area contributed by atoms with Crippen LogP contribution in [0.3, 0.4) is 0 Å². The van der Waals surface area contributed by atoms with Crippen LogP contribution in [0.1, 0.15) is 20.3 Å². The molecule has 0 fully saturated rings. The second-order valence-electron chi connectivity index (χ2n) is 4.01. The smallest absolute Gasteiger partial charge is 0.312 e. The number of carboxylic acid groups (broad SMARTS) is 1. The molecular formula is C9H17N3O4. The highest BCUT2D eigenvalue weighted by Crippen LogP contribution is 2.19. The molecule has 0 spiro atoms. The minimum atomic E-state index is -1.10. The van der Waals surface area contributed by atoms with Gasteiger partial charge < -0.3 is 21.5 Å². The van der Waals surface area contributed by atoms with Gasteiger partial charge in [-0.3, -0.25) is 9.59 Å². The first-order chi connectivity index (χ1) is 7.25. The molecule has 0 aromatic heterocycles. The van der Waals surface area contributed by atoms with Crippen LogP contribution in [0.2, 0.25) is 0 Å². The summed E-state index contributed by atoms with van der Waals surface area (Å²) in [4.78, 5) is 32.3. The number of primary amides is 1. The third kappa shape index (κ3) is 5.84. The lowest BCUT2D eigenvalue weighted by molar-refractivity contribution is -0.149. The molecule has 0 unspecified atom stereocenters. The Hall–Kier alpha value is -1.79. The molecule has 0 radical (unpaired) electrons. The third-order valence-corrected chi connectivity index (χ3v) is 1.93. The quantitative estimate of drug-likeness (QED) is 0.450. The predicted molar refractivity (Wildman–Crippen MR) is 56.6 cm³/mol. The fraction of sp³-hybridized carbons (Fsp3) is 0.667. The summed E-state index contributed by atoms with van der Waals surface area (Å²) in [7, 11) is 0. The Morgan fingerprint density at radius 1 is 1.19 bits per heavy atom. The summed E-state index contributed by atoms with van der Waals surface area (Å²) in [5.74, 6) is -1.41. The summed E-state index contributed by atoms with van der Waals surface area (Å²) < 4.78 is 0. The molecule has 0 saturated heterocycles. The number of nitrogens with two attached hydrogens (primary N) is 1. The van der Waals surface area contributed by atoms with Crippen molar-refractivity contribution in [3.63, 3.8) is 0 Å². The molecule has 0 atom stereocenters. The number of hydrogen-bond acceptors (Lipinski definition) is 3. The number of urea groups is 1. The molecule has 16 heavy (non-hydrogen) atoms. The molecule has 7 nitrogen and oxygen atoms in total. The number of carbonyl (C=O) groups is 3. The molecule has 0 heterocycles. The molecule has 3 amide bonds. The maximum absolute atomic E-state index is 11.3. The second kappa shape index (κ2) is 5.94. The number of carboxylic acids is 1. The Balaban J connectivity index is 3.83. The summed E-state index contributed by atoms with van der Waals surface area (Å²) in [6.45, 7) is 3.37. The summed E-state index contributed by atoms with van der Waals surface area (Å²) >= 11 is 0. The molecule has 5 N–H and O–H groups in total. The molecule has 0 aliphatic rings. The first kappa shape index (κ1) is 14.2. The van der Waals surface area contributed by atoms with E-state index in [-0.39, 0.29) is 25.4 Å². The van der Waals surface area contributed by atoms with Crippen molar-refractivity contribution in [2.75, 3.05) is 13.1 Å². The number of aliphatic carboxylic acids is 1. The van der Waals surface area contributed by atoms with Crippen molar-refractivity contribution in [2.24, 2.45) is 11.1 Å². The Bertz CT molecular complexity index is 288. The van der Waals surface area contributed by atoms with E-state index in [1.54, 1.807) is 0 Å². The first-order valence-corrected chi connectivity index (χ1v) is 4.79. The summed E-state index contributed by atoms with van der Waals surface area (Å²) in [6.07, 6.45) is -0.112. The van der Waals surface area contributed by atoms with Crippen LogP contribution < -0.4 is 16.4 Å². The van der Waals surface area contributed by atoms with Gasteiger partial charge in [-0.25, -0.2) is 4.79 Å². The zero-order chi connectivity index (χ0) is 12.8. The summed E-state index contributed by atoms with van der Waals surface area (Å²) in [5, 5.41) is 13.6. The predicted octanol–water partition coefficient (Wildman–Crippen LogP) is -0.728. The minimum Gasteiger partial charge on any atom is -0.481 e. The zero-order valence-electron chi connectivity index (χ0n) is 9.37. The van der Waals surface area contributed by atoms with Gasteiger partial charge in [0.2, 0.25) is 5.91 Å². The monoisotopic (exact) mass is 231 g/mol. The molecule has 7 heteroatoms. The van der Waals surface area contributed by atoms with Crippen molar-refractivity contribution in [3.05, 3.63) is 0 Å². The highest BCUT2D eigenvalue weighted by molar-refractivity contribution is 5.84. The lowest BCUT2D eigenvalue weighted by Gasteiger charge is -2.18. The second-order valence-corrected chi connectivity index (χ2v) is 4.01. The standard InChI is InChI=1S/C9H17N3O4/c1-9(2,7(14)15)5-6(13)11-3-4-12-8(10)16/h3-5H2,1-2H3,(H,11,13)(H,14,15)(H3,10,12,16). The first-order valence-electron chi connectivity index (χ1n) is 4.79. The van der Waals surface area contributed by atoms with E-state index in [0.717, 1.165) is 0 Å². The average molecular weight is 231 g/mol. The maximum Gasteiger partial charge on any atom is 0.312 e. The Kier molecular flexibility index (Phi) is 5.27. The lowest BCUT2D eigenvalue weighted by Crippen LogP contribution is -2.39. The zero-order valence-corrected chi connectivity index (χ0v) is 9.37. The number of carbonyl (C=O) groups excluding carboxylic acids is 2. The largest absolute Gasteiger partial charge is 0.481 e. The Labute approximate surface area is 93.4 Å². The topological polar surface area (TPSA) is 122 Å². The van der Waals surface area contributed by atoms with Gasteiger partial charge >= 0.3 is 12.0 Å². The van der Waals surface area contributed by atoms with Crippen LogP contribution in [0.15, 0.2) is 0 Å². The van der Waals surface area contributed by atoms with E-state index in [4.69, 9.17) is 10.8 Å². The SMILES string of the molecule is CC(C)(CC(=O)NCCNC(N)=O)C(=O)O. The van der Waals surface area contributed by atoms with Crippen molar-refractivity contribution in [3.8, 4) is 0 Å². The van der Waals surface area contributed by atoms with Crippen LogP contribution in [0.4, 0.5) is 4.79 Å². The minimum absolute atomic E-state index is 0.112. The molecular weight excluding hydrogens is 214 g/mol. The number of rotatable bonds is 6. The van der Waals surface area contributed by atoms with E-state index >= 15 is 0 Å². The van der Waals surface area contributed by atoms with Crippen molar-refractivity contribution in [1.29, 1.82) is 0 Å². The van der Waals surface area contributed by atoms with Gasteiger partial charge in [0.25, 0.3) is 0 Å². The van der Waals surface area contributed by atoms with Crippen molar-refractivity contribution >= 4 is 17.9 Å². The van der Waals surface area contributed by atoms with E-state index in [1.807, 2.05) is 0 Å². The normalized spacial score (nSPS) is 10.6. The van der Waals surface area contributed by atoms with Gasteiger partial charge in [-0.1, -0.05) is 0 Å². The van der Waals surface area contributed by atoms with E-state index in [2.05, 4.69) is 10.6 Å². The molecule has 0 aliphatic carbocycles. The van der Waals surface area contributed by atoms with E-state index in [1.165, 1.54) is 13.8 Å². The van der Waals surface area contributed by atoms with Gasteiger partial charge in [0, 0.05) is 19.5 Å².